The third-order valence-corrected chi connectivity index (χ3v) is 4.44. The van der Waals surface area contributed by atoms with E-state index in [-0.39, 0.29) is 30.3 Å². The zero-order valence-electron chi connectivity index (χ0n) is 14.2. The molecular formula is C18H24N4O2. The van der Waals surface area contributed by atoms with Crippen molar-refractivity contribution in [2.24, 2.45) is 5.92 Å². The van der Waals surface area contributed by atoms with E-state index in [9.17, 15) is 9.59 Å². The van der Waals surface area contributed by atoms with Gasteiger partial charge < -0.3 is 15.2 Å². The molecule has 1 atom stereocenters. The Bertz CT molecular complexity index is 704. The average Bonchev–Trinajstić information content (AvgIpc) is 2.98. The number of piperidine rings is 1. The van der Waals surface area contributed by atoms with Crippen LogP contribution in [-0.2, 0) is 9.59 Å². The van der Waals surface area contributed by atoms with Gasteiger partial charge in [-0.25, -0.2) is 4.98 Å². The van der Waals surface area contributed by atoms with Gasteiger partial charge in [-0.15, -0.1) is 0 Å². The minimum Gasteiger partial charge on any atom is -0.344 e. The highest BCUT2D eigenvalue weighted by atomic mass is 16.2. The quantitative estimate of drug-likeness (QED) is 0.884. The van der Waals surface area contributed by atoms with E-state index < -0.39 is 0 Å². The molecule has 24 heavy (non-hydrogen) atoms. The number of benzene rings is 1. The van der Waals surface area contributed by atoms with Crippen LogP contribution in [0.5, 0.6) is 0 Å². The zero-order chi connectivity index (χ0) is 17.1. The number of carbonyl (C=O) groups is 2. The van der Waals surface area contributed by atoms with Crippen LogP contribution >= 0.6 is 0 Å². The number of aromatic nitrogens is 2. The lowest BCUT2D eigenvalue weighted by molar-refractivity contribution is -0.138. The molecular weight excluding hydrogens is 304 g/mol. The molecule has 6 heteroatoms. The number of nitrogens with zero attached hydrogens (tertiary/aromatic N) is 2. The highest BCUT2D eigenvalue weighted by Gasteiger charge is 2.25. The van der Waals surface area contributed by atoms with Crippen LogP contribution in [0.25, 0.3) is 11.0 Å². The second-order valence-corrected chi connectivity index (χ2v) is 6.70. The van der Waals surface area contributed by atoms with E-state index in [1.54, 1.807) is 4.90 Å². The number of H-pyrrole nitrogens is 1. The maximum atomic E-state index is 12.4. The first-order valence-electron chi connectivity index (χ1n) is 8.56. The maximum absolute atomic E-state index is 12.4. The predicted molar refractivity (Wildman–Crippen MR) is 92.2 cm³/mol. The van der Waals surface area contributed by atoms with Crippen molar-refractivity contribution in [3.63, 3.8) is 0 Å². The maximum Gasteiger partial charge on any atom is 0.240 e. The molecule has 0 bridgehead atoms. The van der Waals surface area contributed by atoms with Crippen molar-refractivity contribution >= 4 is 22.8 Å². The van der Waals surface area contributed by atoms with Crippen molar-refractivity contribution < 1.29 is 9.59 Å². The van der Waals surface area contributed by atoms with Gasteiger partial charge in [0.05, 0.1) is 23.6 Å². The average molecular weight is 328 g/mol. The summed E-state index contributed by atoms with van der Waals surface area (Å²) in [5, 5.41) is 3.03. The molecule has 1 aromatic carbocycles. The molecule has 1 aromatic heterocycles. The Balaban J connectivity index is 1.71. The van der Waals surface area contributed by atoms with Crippen LogP contribution in [0.15, 0.2) is 24.3 Å². The van der Waals surface area contributed by atoms with Crippen molar-refractivity contribution in [1.29, 1.82) is 0 Å². The number of hydrogen-bond donors (Lipinski definition) is 2. The van der Waals surface area contributed by atoms with Crippen LogP contribution in [0.1, 0.15) is 45.0 Å². The van der Waals surface area contributed by atoms with Crippen LogP contribution in [0, 0.1) is 5.92 Å². The molecule has 1 aliphatic rings. The van der Waals surface area contributed by atoms with Gasteiger partial charge in [0.2, 0.25) is 11.8 Å². The summed E-state index contributed by atoms with van der Waals surface area (Å²) in [6, 6.07) is 7.61. The van der Waals surface area contributed by atoms with Crippen molar-refractivity contribution in [2.45, 2.75) is 39.2 Å². The Hall–Kier alpha value is -2.37. The standard InChI is InChI=1S/C18H24N4O2/c1-12(2)17(18-19-13-7-3-4-8-14(13)20-18)21-15(23)11-22-10-6-5-9-16(22)24/h3-4,7-8,12,17H,5-6,9-11H2,1-2H3,(H,19,20)(H,21,23)/t17-/m1/s1. The zero-order valence-corrected chi connectivity index (χ0v) is 14.2. The number of fused-ring (bicyclic) bond motifs is 1. The number of carbonyl (C=O) groups excluding carboxylic acids is 2. The van der Waals surface area contributed by atoms with E-state index in [0.717, 1.165) is 29.7 Å². The van der Waals surface area contributed by atoms with Gasteiger partial charge in [-0.2, -0.15) is 0 Å². The van der Waals surface area contributed by atoms with E-state index in [4.69, 9.17) is 0 Å². The molecule has 2 amide bonds. The Kier molecular flexibility index (Phi) is 4.83. The van der Waals surface area contributed by atoms with Crippen LogP contribution in [0.2, 0.25) is 0 Å². The van der Waals surface area contributed by atoms with E-state index in [2.05, 4.69) is 15.3 Å². The van der Waals surface area contributed by atoms with Crippen LogP contribution in [0.4, 0.5) is 0 Å². The van der Waals surface area contributed by atoms with Gasteiger partial charge in [0.15, 0.2) is 0 Å². The predicted octanol–water partition coefficient (Wildman–Crippen LogP) is 2.39. The van der Waals surface area contributed by atoms with Crippen LogP contribution in [-0.4, -0.2) is 39.8 Å². The van der Waals surface area contributed by atoms with Crippen LogP contribution in [0.3, 0.4) is 0 Å². The molecule has 0 radical (unpaired) electrons. The van der Waals surface area contributed by atoms with Gasteiger partial charge in [0.1, 0.15) is 5.82 Å². The molecule has 2 heterocycles. The number of likely N-dealkylation sites (tertiary alicyclic amines) is 1. The number of aromatic amines is 1. The van der Waals surface area contributed by atoms with E-state index in [1.807, 2.05) is 38.1 Å². The minimum atomic E-state index is -0.204. The second kappa shape index (κ2) is 7.03. The normalized spacial score (nSPS) is 16.6. The molecule has 0 aliphatic carbocycles. The summed E-state index contributed by atoms with van der Waals surface area (Å²) in [5.41, 5.74) is 1.84. The van der Waals surface area contributed by atoms with Gasteiger partial charge in [0.25, 0.3) is 0 Å². The van der Waals surface area contributed by atoms with Crippen LogP contribution < -0.4 is 5.32 Å². The van der Waals surface area contributed by atoms with Crippen molar-refractivity contribution in [3.8, 4) is 0 Å². The Morgan fingerprint density at radius 2 is 2.12 bits per heavy atom. The van der Waals surface area contributed by atoms with Gasteiger partial charge in [-0.1, -0.05) is 26.0 Å². The fourth-order valence-electron chi connectivity index (χ4n) is 3.09. The molecule has 3 rings (SSSR count). The second-order valence-electron chi connectivity index (χ2n) is 6.70. The number of hydrogen-bond acceptors (Lipinski definition) is 3. The molecule has 6 nitrogen and oxygen atoms in total. The van der Waals surface area contributed by atoms with E-state index in [0.29, 0.717) is 13.0 Å². The Labute approximate surface area is 141 Å². The smallest absolute Gasteiger partial charge is 0.240 e. The molecule has 1 saturated heterocycles. The SMILES string of the molecule is CC(C)[C@@H](NC(=O)CN1CCCCC1=O)c1nc2ccccc2[nH]1. The van der Waals surface area contributed by atoms with Gasteiger partial charge in [-0.3, -0.25) is 9.59 Å². The van der Waals surface area contributed by atoms with Gasteiger partial charge in [0, 0.05) is 13.0 Å². The van der Waals surface area contributed by atoms with E-state index in [1.165, 1.54) is 0 Å². The van der Waals surface area contributed by atoms with Crippen molar-refractivity contribution in [3.05, 3.63) is 30.1 Å². The summed E-state index contributed by atoms with van der Waals surface area (Å²) >= 11 is 0. The summed E-state index contributed by atoms with van der Waals surface area (Å²) in [6.45, 7) is 4.89. The lowest BCUT2D eigenvalue weighted by atomic mass is 10.0. The highest BCUT2D eigenvalue weighted by molar-refractivity contribution is 5.85. The first-order valence-corrected chi connectivity index (χ1v) is 8.56. The molecule has 0 spiro atoms. The summed E-state index contributed by atoms with van der Waals surface area (Å²) in [5.74, 6) is 0.877. The molecule has 0 unspecified atom stereocenters. The Morgan fingerprint density at radius 3 is 2.83 bits per heavy atom. The largest absolute Gasteiger partial charge is 0.344 e. The first kappa shape index (κ1) is 16.5. The number of imidazole rings is 1. The molecule has 128 valence electrons. The topological polar surface area (TPSA) is 78.1 Å². The van der Waals surface area contributed by atoms with Gasteiger partial charge in [-0.05, 0) is 30.9 Å². The summed E-state index contributed by atoms with van der Waals surface area (Å²) in [6.07, 6.45) is 2.44. The lowest BCUT2D eigenvalue weighted by Gasteiger charge is -2.27. The summed E-state index contributed by atoms with van der Waals surface area (Å²) in [7, 11) is 0. The third kappa shape index (κ3) is 3.58. The number of amides is 2. The van der Waals surface area contributed by atoms with Gasteiger partial charge >= 0.3 is 0 Å². The lowest BCUT2D eigenvalue weighted by Crippen LogP contribution is -2.44. The minimum absolute atomic E-state index is 0.0706. The molecule has 0 saturated carbocycles. The molecule has 2 aromatic rings. The Morgan fingerprint density at radius 1 is 1.33 bits per heavy atom. The molecule has 1 aliphatic heterocycles. The fraction of sp³-hybridized carbons (Fsp3) is 0.500. The number of rotatable bonds is 5. The van der Waals surface area contributed by atoms with E-state index >= 15 is 0 Å². The number of nitrogens with one attached hydrogen (secondary N) is 2. The first-order chi connectivity index (χ1) is 11.5. The number of para-hydroxylation sites is 2. The third-order valence-electron chi connectivity index (χ3n) is 4.44. The summed E-state index contributed by atoms with van der Waals surface area (Å²) in [4.78, 5) is 33.8. The fourth-order valence-corrected chi connectivity index (χ4v) is 3.09. The van der Waals surface area contributed by atoms with Crippen molar-refractivity contribution in [1.82, 2.24) is 20.2 Å². The summed E-state index contributed by atoms with van der Waals surface area (Å²) < 4.78 is 0. The monoisotopic (exact) mass is 328 g/mol. The van der Waals surface area contributed by atoms with Crippen molar-refractivity contribution in [2.75, 3.05) is 13.1 Å². The molecule has 2 N–H and O–H groups in total. The highest BCUT2D eigenvalue weighted by Crippen LogP contribution is 2.22. The molecule has 1 fully saturated rings.